The summed E-state index contributed by atoms with van der Waals surface area (Å²) in [7, 11) is 1.37. The van der Waals surface area contributed by atoms with Gasteiger partial charge in [0.05, 0.1) is 7.11 Å². The van der Waals surface area contributed by atoms with E-state index in [-0.39, 0.29) is 16.8 Å². The Morgan fingerprint density at radius 2 is 2.12 bits per heavy atom. The Hall–Kier alpha value is -2.28. The van der Waals surface area contributed by atoms with E-state index in [4.69, 9.17) is 4.74 Å². The minimum absolute atomic E-state index is 0.124. The van der Waals surface area contributed by atoms with Crippen molar-refractivity contribution in [1.82, 2.24) is 14.5 Å². The van der Waals surface area contributed by atoms with Crippen molar-refractivity contribution in [3.63, 3.8) is 0 Å². The van der Waals surface area contributed by atoms with Gasteiger partial charge in [-0.1, -0.05) is 36.9 Å². The molecule has 6 nitrogen and oxygen atoms in total. The van der Waals surface area contributed by atoms with Crippen molar-refractivity contribution in [2.75, 3.05) is 7.11 Å². The first-order valence-electron chi connectivity index (χ1n) is 7.86. The molecule has 0 saturated carbocycles. The SMILES string of the molecule is CC[C@H](Sc1nc2c([nH]c3ccccc32)c(=O)n1CC)C(=O)OC. The Kier molecular flexibility index (Phi) is 4.62. The van der Waals surface area contributed by atoms with Gasteiger partial charge in [0.1, 0.15) is 16.3 Å². The van der Waals surface area contributed by atoms with Gasteiger partial charge in [-0.3, -0.25) is 14.2 Å². The van der Waals surface area contributed by atoms with Gasteiger partial charge in [-0.25, -0.2) is 4.98 Å². The fourth-order valence-corrected chi connectivity index (χ4v) is 3.80. The molecule has 24 heavy (non-hydrogen) atoms. The average Bonchev–Trinajstić information content (AvgIpc) is 2.98. The Labute approximate surface area is 143 Å². The molecule has 0 aliphatic rings. The number of nitrogens with zero attached hydrogens (tertiary/aromatic N) is 2. The van der Waals surface area contributed by atoms with E-state index >= 15 is 0 Å². The monoisotopic (exact) mass is 345 g/mol. The number of ether oxygens (including phenoxy) is 1. The number of hydrogen-bond acceptors (Lipinski definition) is 5. The highest BCUT2D eigenvalue weighted by molar-refractivity contribution is 8.00. The Morgan fingerprint density at radius 3 is 2.79 bits per heavy atom. The molecule has 3 aromatic rings. The van der Waals surface area contributed by atoms with Gasteiger partial charge in [0.2, 0.25) is 0 Å². The Morgan fingerprint density at radius 1 is 1.38 bits per heavy atom. The van der Waals surface area contributed by atoms with Gasteiger partial charge < -0.3 is 9.72 Å². The Bertz CT molecular complexity index is 961. The highest BCUT2D eigenvalue weighted by atomic mass is 32.2. The van der Waals surface area contributed by atoms with Crippen LogP contribution in [0.3, 0.4) is 0 Å². The highest BCUT2D eigenvalue weighted by Crippen LogP contribution is 2.28. The van der Waals surface area contributed by atoms with Gasteiger partial charge in [0, 0.05) is 17.4 Å². The number of esters is 1. The van der Waals surface area contributed by atoms with Gasteiger partial charge >= 0.3 is 5.97 Å². The van der Waals surface area contributed by atoms with Crippen molar-refractivity contribution in [3.05, 3.63) is 34.6 Å². The quantitative estimate of drug-likeness (QED) is 0.437. The van der Waals surface area contributed by atoms with E-state index in [1.807, 2.05) is 38.1 Å². The standard InChI is InChI=1S/C17H19N3O3S/c1-4-12(16(22)23-3)24-17-19-13-10-8-6-7-9-11(10)18-14(13)15(21)20(17)5-2/h6-9,12,18H,4-5H2,1-3H3/t12-/m0/s1. The number of H-pyrrole nitrogens is 1. The van der Waals surface area contributed by atoms with Crippen LogP contribution in [0.15, 0.2) is 34.2 Å². The van der Waals surface area contributed by atoms with Crippen LogP contribution in [0, 0.1) is 0 Å². The molecule has 0 spiro atoms. The number of aromatic amines is 1. The average molecular weight is 345 g/mol. The van der Waals surface area contributed by atoms with Crippen LogP contribution < -0.4 is 5.56 Å². The molecular weight excluding hydrogens is 326 g/mol. The van der Waals surface area contributed by atoms with Crippen molar-refractivity contribution < 1.29 is 9.53 Å². The minimum atomic E-state index is -0.387. The maximum atomic E-state index is 12.8. The normalized spacial score (nSPS) is 12.6. The second-order valence-electron chi connectivity index (χ2n) is 5.38. The molecule has 0 aliphatic carbocycles. The summed E-state index contributed by atoms with van der Waals surface area (Å²) in [4.78, 5) is 32.6. The molecule has 3 rings (SSSR count). The number of methoxy groups -OCH3 is 1. The summed E-state index contributed by atoms with van der Waals surface area (Å²) in [5.41, 5.74) is 1.89. The summed E-state index contributed by atoms with van der Waals surface area (Å²) in [5, 5.41) is 1.06. The number of aromatic nitrogens is 3. The molecule has 0 aliphatic heterocycles. The van der Waals surface area contributed by atoms with Crippen LogP contribution in [0.1, 0.15) is 20.3 Å². The molecule has 0 bridgehead atoms. The number of para-hydroxylation sites is 1. The van der Waals surface area contributed by atoms with Crippen molar-refractivity contribution in [2.24, 2.45) is 0 Å². The van der Waals surface area contributed by atoms with Gasteiger partial charge in [0.25, 0.3) is 5.56 Å². The predicted octanol–water partition coefficient (Wildman–Crippen LogP) is 2.94. The largest absolute Gasteiger partial charge is 0.468 e. The third kappa shape index (κ3) is 2.69. The van der Waals surface area contributed by atoms with Gasteiger partial charge in [0.15, 0.2) is 5.16 Å². The number of nitrogens with one attached hydrogen (secondary N) is 1. The number of fused-ring (bicyclic) bond motifs is 3. The third-order valence-electron chi connectivity index (χ3n) is 3.97. The van der Waals surface area contributed by atoms with Crippen LogP contribution in [0.25, 0.3) is 21.9 Å². The maximum absolute atomic E-state index is 12.8. The van der Waals surface area contributed by atoms with E-state index in [2.05, 4.69) is 9.97 Å². The first-order valence-corrected chi connectivity index (χ1v) is 8.74. The van der Waals surface area contributed by atoms with E-state index in [9.17, 15) is 9.59 Å². The molecular formula is C17H19N3O3S. The summed E-state index contributed by atoms with van der Waals surface area (Å²) in [5.74, 6) is -0.307. The van der Waals surface area contributed by atoms with Gasteiger partial charge in [-0.2, -0.15) is 0 Å². The summed E-state index contributed by atoms with van der Waals surface area (Å²) in [6, 6.07) is 7.68. The molecule has 0 fully saturated rings. The predicted molar refractivity (Wildman–Crippen MR) is 95.5 cm³/mol. The van der Waals surface area contributed by atoms with Crippen molar-refractivity contribution in [3.8, 4) is 0 Å². The molecule has 2 aromatic heterocycles. The van der Waals surface area contributed by atoms with Crippen molar-refractivity contribution in [1.29, 1.82) is 0 Å². The molecule has 7 heteroatoms. The number of rotatable bonds is 5. The molecule has 0 radical (unpaired) electrons. The smallest absolute Gasteiger partial charge is 0.319 e. The van der Waals surface area contributed by atoms with E-state index in [0.29, 0.717) is 29.2 Å². The number of hydrogen-bond donors (Lipinski definition) is 1. The lowest BCUT2D eigenvalue weighted by molar-refractivity contribution is -0.140. The van der Waals surface area contributed by atoms with Crippen LogP contribution in [0.5, 0.6) is 0 Å². The molecule has 1 N–H and O–H groups in total. The molecule has 0 unspecified atom stereocenters. The summed E-state index contributed by atoms with van der Waals surface area (Å²) in [6.07, 6.45) is 0.600. The Balaban J connectivity index is 2.21. The molecule has 0 saturated heterocycles. The van der Waals surface area contributed by atoms with Crippen LogP contribution in [0.2, 0.25) is 0 Å². The second-order valence-corrected chi connectivity index (χ2v) is 6.55. The summed E-state index contributed by atoms with van der Waals surface area (Å²) < 4.78 is 6.43. The highest BCUT2D eigenvalue weighted by Gasteiger charge is 2.23. The van der Waals surface area contributed by atoms with E-state index in [1.54, 1.807) is 4.57 Å². The van der Waals surface area contributed by atoms with E-state index in [1.165, 1.54) is 18.9 Å². The topological polar surface area (TPSA) is 77.0 Å². The van der Waals surface area contributed by atoms with E-state index < -0.39 is 0 Å². The zero-order valence-corrected chi connectivity index (χ0v) is 14.6. The zero-order valence-electron chi connectivity index (χ0n) is 13.8. The maximum Gasteiger partial charge on any atom is 0.319 e. The number of carbonyl (C=O) groups is 1. The molecule has 1 aromatic carbocycles. The summed E-state index contributed by atoms with van der Waals surface area (Å²) in [6.45, 7) is 4.28. The zero-order chi connectivity index (χ0) is 17.3. The van der Waals surface area contributed by atoms with Crippen molar-refractivity contribution >= 4 is 39.7 Å². The molecule has 2 heterocycles. The second kappa shape index (κ2) is 6.68. The van der Waals surface area contributed by atoms with Crippen LogP contribution in [-0.2, 0) is 16.1 Å². The van der Waals surface area contributed by atoms with E-state index in [0.717, 1.165) is 10.9 Å². The first-order chi connectivity index (χ1) is 11.6. The summed E-state index contributed by atoms with van der Waals surface area (Å²) >= 11 is 1.28. The van der Waals surface area contributed by atoms with Gasteiger partial charge in [-0.05, 0) is 19.4 Å². The van der Waals surface area contributed by atoms with Crippen LogP contribution in [0.4, 0.5) is 0 Å². The van der Waals surface area contributed by atoms with Crippen molar-refractivity contribution in [2.45, 2.75) is 37.2 Å². The van der Waals surface area contributed by atoms with Crippen LogP contribution >= 0.6 is 11.8 Å². The fraction of sp³-hybridized carbons (Fsp3) is 0.353. The molecule has 1 atom stereocenters. The first kappa shape index (κ1) is 16.6. The minimum Gasteiger partial charge on any atom is -0.468 e. The van der Waals surface area contributed by atoms with Gasteiger partial charge in [-0.15, -0.1) is 0 Å². The lowest BCUT2D eigenvalue weighted by atomic mass is 10.2. The molecule has 0 amide bonds. The number of benzene rings is 1. The van der Waals surface area contributed by atoms with Crippen LogP contribution in [-0.4, -0.2) is 32.9 Å². The lowest BCUT2D eigenvalue weighted by Gasteiger charge is -2.14. The third-order valence-corrected chi connectivity index (χ3v) is 5.31. The molecule has 126 valence electrons. The lowest BCUT2D eigenvalue weighted by Crippen LogP contribution is -2.25. The fourth-order valence-electron chi connectivity index (χ4n) is 2.70. The number of thioether (sulfide) groups is 1. The number of carbonyl (C=O) groups excluding carboxylic acids is 1.